The highest BCUT2D eigenvalue weighted by Crippen LogP contribution is 2.60. The number of carbonyl (C=O) groups is 3. The van der Waals surface area contributed by atoms with Crippen molar-refractivity contribution in [2.24, 2.45) is 23.7 Å². The number of halogens is 2. The van der Waals surface area contributed by atoms with Crippen molar-refractivity contribution in [1.29, 1.82) is 0 Å². The number of benzene rings is 1. The van der Waals surface area contributed by atoms with Gasteiger partial charge in [-0.1, -0.05) is 44.0 Å². The Kier molecular flexibility index (Phi) is 6.15. The van der Waals surface area contributed by atoms with Crippen molar-refractivity contribution < 1.29 is 14.4 Å². The van der Waals surface area contributed by atoms with Crippen LogP contribution in [0.4, 0.5) is 5.69 Å². The smallest absolute Gasteiger partial charge is 0.247 e. The molecule has 1 N–H and O–H groups in total. The van der Waals surface area contributed by atoms with E-state index in [1.165, 1.54) is 4.90 Å². The molecule has 3 amide bonds. The van der Waals surface area contributed by atoms with Crippen LogP contribution in [-0.2, 0) is 14.4 Å². The van der Waals surface area contributed by atoms with E-state index in [0.717, 1.165) is 12.0 Å². The van der Waals surface area contributed by atoms with Gasteiger partial charge in [0.05, 0.1) is 11.8 Å². The van der Waals surface area contributed by atoms with E-state index in [9.17, 15) is 14.4 Å². The van der Waals surface area contributed by atoms with Gasteiger partial charge in [-0.15, -0.1) is 0 Å². The Morgan fingerprint density at radius 3 is 2.38 bits per heavy atom. The third-order valence-electron chi connectivity index (χ3n) is 6.52. The van der Waals surface area contributed by atoms with Crippen LogP contribution >= 0.6 is 43.6 Å². The van der Waals surface area contributed by atoms with Crippen LogP contribution in [0.3, 0.4) is 0 Å². The van der Waals surface area contributed by atoms with Crippen LogP contribution in [0.5, 0.6) is 0 Å². The second-order valence-corrected chi connectivity index (χ2v) is 11.3. The summed E-state index contributed by atoms with van der Waals surface area (Å²) in [4.78, 5) is 41.5. The monoisotopic (exact) mass is 542 g/mol. The Morgan fingerprint density at radius 2 is 1.83 bits per heavy atom. The van der Waals surface area contributed by atoms with Crippen molar-refractivity contribution in [3.8, 4) is 0 Å². The molecule has 1 heterocycles. The minimum Gasteiger partial charge on any atom is -0.324 e. The van der Waals surface area contributed by atoms with Crippen LogP contribution in [0.25, 0.3) is 0 Å². The molecule has 7 atom stereocenters. The molecule has 29 heavy (non-hydrogen) atoms. The van der Waals surface area contributed by atoms with Crippen molar-refractivity contribution in [2.45, 2.75) is 35.5 Å². The number of fused-ring (bicyclic) bond motifs is 5. The Hall–Kier alpha value is -0.860. The van der Waals surface area contributed by atoms with Gasteiger partial charge < -0.3 is 5.32 Å². The summed E-state index contributed by atoms with van der Waals surface area (Å²) in [5, 5.41) is 2.92. The van der Waals surface area contributed by atoms with E-state index in [1.807, 2.05) is 37.4 Å². The molecule has 4 rings (SSSR count). The van der Waals surface area contributed by atoms with Crippen molar-refractivity contribution in [2.75, 3.05) is 17.3 Å². The van der Waals surface area contributed by atoms with Gasteiger partial charge in [0.25, 0.3) is 0 Å². The molecule has 0 unspecified atom stereocenters. The molecule has 0 spiro atoms. The van der Waals surface area contributed by atoms with Crippen LogP contribution in [-0.4, -0.2) is 50.3 Å². The molecule has 3 fully saturated rings. The van der Waals surface area contributed by atoms with Gasteiger partial charge in [-0.25, -0.2) is 0 Å². The summed E-state index contributed by atoms with van der Waals surface area (Å²) in [7, 11) is 0. The summed E-state index contributed by atoms with van der Waals surface area (Å²) in [6.45, 7) is 1.96. The van der Waals surface area contributed by atoms with Crippen molar-refractivity contribution >= 4 is 67.0 Å². The highest BCUT2D eigenvalue weighted by Gasteiger charge is 2.67. The molecule has 2 bridgehead atoms. The van der Waals surface area contributed by atoms with Crippen LogP contribution in [0.1, 0.15) is 18.4 Å². The molecule has 2 saturated carbocycles. The number of amides is 3. The largest absolute Gasteiger partial charge is 0.324 e. The molecule has 0 radical (unpaired) electrons. The molecule has 0 aromatic heterocycles. The number of aryl methyl sites for hydroxylation is 1. The van der Waals surface area contributed by atoms with Gasteiger partial charge in [0, 0.05) is 15.3 Å². The fourth-order valence-electron chi connectivity index (χ4n) is 5.23. The van der Waals surface area contributed by atoms with E-state index < -0.39 is 6.04 Å². The van der Waals surface area contributed by atoms with Crippen LogP contribution in [0.15, 0.2) is 24.3 Å². The van der Waals surface area contributed by atoms with Gasteiger partial charge in [0.1, 0.15) is 6.04 Å². The number of imide groups is 1. The number of nitrogens with one attached hydrogen (secondary N) is 1. The van der Waals surface area contributed by atoms with Crippen LogP contribution in [0, 0.1) is 30.6 Å². The third kappa shape index (κ3) is 3.59. The first-order chi connectivity index (χ1) is 13.8. The number of rotatable bonds is 6. The van der Waals surface area contributed by atoms with E-state index in [-0.39, 0.29) is 51.0 Å². The normalized spacial score (nSPS) is 33.9. The number of anilines is 1. The summed E-state index contributed by atoms with van der Waals surface area (Å²) in [5.74, 6) is -0.210. The summed E-state index contributed by atoms with van der Waals surface area (Å²) in [6.07, 6.45) is 3.31. The number of nitrogens with zero attached hydrogens (tertiary/aromatic N) is 1. The van der Waals surface area contributed by atoms with Crippen LogP contribution in [0.2, 0.25) is 0 Å². The molecule has 5 nitrogen and oxygen atoms in total. The molecule has 3 aliphatic rings. The Labute approximate surface area is 192 Å². The van der Waals surface area contributed by atoms with Crippen molar-refractivity contribution in [1.82, 2.24) is 4.90 Å². The lowest BCUT2D eigenvalue weighted by atomic mass is 9.81. The van der Waals surface area contributed by atoms with Gasteiger partial charge >= 0.3 is 0 Å². The SMILES string of the molecule is CSCC[C@H](C(=O)Nc1cccc(C)c1)N1C(=O)[C@@H]2[C@H]3C[C@@H]([C@H](Br)[C@@H]3Br)[C@@H]2C1=O. The number of hydrogen-bond acceptors (Lipinski definition) is 4. The zero-order chi connectivity index (χ0) is 20.9. The highest BCUT2D eigenvalue weighted by atomic mass is 79.9. The summed E-state index contributed by atoms with van der Waals surface area (Å²) in [6, 6.07) is 6.78. The molecule has 8 heteroatoms. The van der Waals surface area contributed by atoms with Gasteiger partial charge in [-0.2, -0.15) is 11.8 Å². The molecular weight excluding hydrogens is 520 g/mol. The third-order valence-corrected chi connectivity index (χ3v) is 10.4. The lowest BCUT2D eigenvalue weighted by Crippen LogP contribution is -2.48. The molecule has 156 valence electrons. The second-order valence-electron chi connectivity index (χ2n) is 8.21. The van der Waals surface area contributed by atoms with E-state index in [4.69, 9.17) is 0 Å². The van der Waals surface area contributed by atoms with Gasteiger partial charge in [-0.05, 0) is 61.3 Å². The average molecular weight is 544 g/mol. The van der Waals surface area contributed by atoms with E-state index in [2.05, 4.69) is 37.2 Å². The Morgan fingerprint density at radius 1 is 1.21 bits per heavy atom. The maximum atomic E-state index is 13.3. The quantitative estimate of drug-likeness (QED) is 0.437. The van der Waals surface area contributed by atoms with Crippen molar-refractivity contribution in [3.05, 3.63) is 29.8 Å². The first-order valence-corrected chi connectivity index (χ1v) is 13.1. The number of thioether (sulfide) groups is 1. The van der Waals surface area contributed by atoms with E-state index in [0.29, 0.717) is 17.9 Å². The van der Waals surface area contributed by atoms with E-state index >= 15 is 0 Å². The molecule has 1 aromatic carbocycles. The zero-order valence-corrected chi connectivity index (χ0v) is 20.3. The Balaban J connectivity index is 1.59. The predicted molar refractivity (Wildman–Crippen MR) is 122 cm³/mol. The number of likely N-dealkylation sites (tertiary alicyclic amines) is 1. The van der Waals surface area contributed by atoms with Gasteiger partial charge in [0.2, 0.25) is 17.7 Å². The maximum Gasteiger partial charge on any atom is 0.247 e. The minimum absolute atomic E-state index is 0.150. The summed E-state index contributed by atoms with van der Waals surface area (Å²) >= 11 is 9.03. The lowest BCUT2D eigenvalue weighted by Gasteiger charge is -2.28. The van der Waals surface area contributed by atoms with Gasteiger partial charge in [0.15, 0.2) is 0 Å². The molecule has 2 aliphatic carbocycles. The topological polar surface area (TPSA) is 66.5 Å². The zero-order valence-electron chi connectivity index (χ0n) is 16.3. The van der Waals surface area contributed by atoms with Crippen LogP contribution < -0.4 is 5.32 Å². The second kappa shape index (κ2) is 8.35. The number of hydrogen-bond donors (Lipinski definition) is 1. The maximum absolute atomic E-state index is 13.3. The standard InChI is InChI=1S/C21H24Br2N2O3S/c1-10-4-3-5-11(8-10)24-19(26)14(6-7-29-2)25-20(27)15-12-9-13(16(15)21(25)28)18(23)17(12)22/h3-5,8,12-18H,6-7,9H2,1-2H3,(H,24,26)/t12-,13-,14-,15-,16+,17-,18+/m1/s1. The minimum atomic E-state index is -0.768. The first kappa shape index (κ1) is 21.4. The molecule has 1 aromatic rings. The van der Waals surface area contributed by atoms with Crippen molar-refractivity contribution in [3.63, 3.8) is 0 Å². The first-order valence-electron chi connectivity index (χ1n) is 9.86. The summed E-state index contributed by atoms with van der Waals surface area (Å²) in [5.41, 5.74) is 1.72. The predicted octanol–water partition coefficient (Wildman–Crippen LogP) is 3.83. The van der Waals surface area contributed by atoms with Gasteiger partial charge in [-0.3, -0.25) is 19.3 Å². The fraction of sp³-hybridized carbons (Fsp3) is 0.571. The summed E-state index contributed by atoms with van der Waals surface area (Å²) < 4.78 is 0. The molecular formula is C21H24Br2N2O3S. The lowest BCUT2D eigenvalue weighted by molar-refractivity contribution is -0.147. The van der Waals surface area contributed by atoms with E-state index in [1.54, 1.807) is 11.8 Å². The fourth-order valence-corrected chi connectivity index (χ4v) is 7.57. The highest BCUT2D eigenvalue weighted by molar-refractivity contribution is 9.12. The molecule has 1 aliphatic heterocycles. The average Bonchev–Trinajstić information content (AvgIpc) is 3.28. The molecule has 1 saturated heterocycles. The number of alkyl halides is 2. The number of carbonyl (C=O) groups excluding carboxylic acids is 3. The Bertz CT molecular complexity index is 819.